The van der Waals surface area contributed by atoms with Crippen LogP contribution in [-0.4, -0.2) is 39.8 Å². The van der Waals surface area contributed by atoms with E-state index in [0.29, 0.717) is 13.1 Å². The van der Waals surface area contributed by atoms with E-state index in [2.05, 4.69) is 14.8 Å². The maximum Gasteiger partial charge on any atom is 0.337 e. The van der Waals surface area contributed by atoms with Crippen LogP contribution >= 0.6 is 0 Å². The highest BCUT2D eigenvalue weighted by Crippen LogP contribution is 2.10. The lowest BCUT2D eigenvalue weighted by molar-refractivity contribution is -0.135. The summed E-state index contributed by atoms with van der Waals surface area (Å²) < 4.78 is 14.2. The van der Waals surface area contributed by atoms with Crippen molar-refractivity contribution in [1.82, 2.24) is 5.32 Å². The third kappa shape index (κ3) is 6.80. The van der Waals surface area contributed by atoms with Gasteiger partial charge >= 0.3 is 11.9 Å². The molecule has 6 heteroatoms. The average Bonchev–Trinajstić information content (AvgIpc) is 2.60. The molecular formula is C17H21NO5. The third-order valence-corrected chi connectivity index (χ3v) is 2.98. The molecule has 1 aromatic rings. The van der Waals surface area contributed by atoms with Crippen molar-refractivity contribution in [1.29, 1.82) is 0 Å². The first-order chi connectivity index (χ1) is 11.1. The molecule has 0 amide bonds. The summed E-state index contributed by atoms with van der Waals surface area (Å²) in [6, 6.07) is 7.67. The summed E-state index contributed by atoms with van der Waals surface area (Å²) in [5, 5.41) is 3.18. The van der Waals surface area contributed by atoms with Crippen LogP contribution in [0.5, 0.6) is 5.75 Å². The Morgan fingerprint density at radius 3 is 2.30 bits per heavy atom. The number of rotatable bonds is 8. The van der Waals surface area contributed by atoms with E-state index in [-0.39, 0.29) is 5.57 Å². The van der Waals surface area contributed by atoms with Crippen molar-refractivity contribution < 1.29 is 23.8 Å². The molecule has 0 saturated heterocycles. The Labute approximate surface area is 135 Å². The minimum absolute atomic E-state index is 0.278. The van der Waals surface area contributed by atoms with Gasteiger partial charge in [0.2, 0.25) is 0 Å². The lowest BCUT2D eigenvalue weighted by Crippen LogP contribution is -2.14. The molecule has 0 atom stereocenters. The van der Waals surface area contributed by atoms with Crippen LogP contribution in [0.1, 0.15) is 5.56 Å². The molecule has 0 heterocycles. The van der Waals surface area contributed by atoms with Crippen molar-refractivity contribution in [2.75, 3.05) is 27.9 Å². The summed E-state index contributed by atoms with van der Waals surface area (Å²) in [4.78, 5) is 22.7. The summed E-state index contributed by atoms with van der Waals surface area (Å²) in [6.45, 7) is 1.08. The van der Waals surface area contributed by atoms with E-state index in [1.165, 1.54) is 26.4 Å². The molecule has 0 unspecified atom stereocenters. The van der Waals surface area contributed by atoms with E-state index in [1.54, 1.807) is 13.2 Å². The molecule has 0 saturated carbocycles. The number of nitrogens with one attached hydrogen (secondary N) is 1. The van der Waals surface area contributed by atoms with Crippen LogP contribution in [0.3, 0.4) is 0 Å². The second-order valence-corrected chi connectivity index (χ2v) is 4.49. The Morgan fingerprint density at radius 1 is 1.04 bits per heavy atom. The number of esters is 2. The van der Waals surface area contributed by atoms with Gasteiger partial charge in [-0.25, -0.2) is 9.59 Å². The zero-order valence-corrected chi connectivity index (χ0v) is 13.5. The molecule has 0 radical (unpaired) electrons. The number of ether oxygens (including phenoxy) is 3. The van der Waals surface area contributed by atoms with Crippen molar-refractivity contribution >= 4 is 11.9 Å². The summed E-state index contributed by atoms with van der Waals surface area (Å²) in [5.74, 6) is -0.253. The molecule has 1 N–H and O–H groups in total. The van der Waals surface area contributed by atoms with E-state index in [9.17, 15) is 9.59 Å². The van der Waals surface area contributed by atoms with Crippen LogP contribution < -0.4 is 10.1 Å². The molecule has 0 bridgehead atoms. The van der Waals surface area contributed by atoms with Crippen LogP contribution in [0.2, 0.25) is 0 Å². The minimum Gasteiger partial charge on any atom is -0.497 e. The van der Waals surface area contributed by atoms with Gasteiger partial charge in [-0.3, -0.25) is 0 Å². The highest BCUT2D eigenvalue weighted by Gasteiger charge is 2.06. The zero-order valence-electron chi connectivity index (χ0n) is 13.5. The molecule has 0 aliphatic heterocycles. The fourth-order valence-corrected chi connectivity index (χ4v) is 1.71. The van der Waals surface area contributed by atoms with Crippen LogP contribution in [0.15, 0.2) is 48.1 Å². The fourth-order valence-electron chi connectivity index (χ4n) is 1.71. The van der Waals surface area contributed by atoms with Crippen LogP contribution in [0, 0.1) is 0 Å². The quantitative estimate of drug-likeness (QED) is 0.340. The molecule has 23 heavy (non-hydrogen) atoms. The van der Waals surface area contributed by atoms with Gasteiger partial charge in [-0.2, -0.15) is 0 Å². The van der Waals surface area contributed by atoms with Gasteiger partial charge in [0.1, 0.15) is 5.75 Å². The van der Waals surface area contributed by atoms with Crippen molar-refractivity contribution in [3.8, 4) is 5.75 Å². The zero-order chi connectivity index (χ0) is 17.1. The Bertz CT molecular complexity index is 575. The van der Waals surface area contributed by atoms with Crippen LogP contribution in [0.4, 0.5) is 0 Å². The molecule has 124 valence electrons. The Kier molecular flexibility index (Phi) is 8.17. The average molecular weight is 319 g/mol. The van der Waals surface area contributed by atoms with Gasteiger partial charge in [0.05, 0.1) is 26.9 Å². The molecule has 1 rings (SSSR count). The molecule has 6 nitrogen and oxygen atoms in total. The van der Waals surface area contributed by atoms with Crippen LogP contribution in [-0.2, 0) is 25.6 Å². The number of carbonyl (C=O) groups excluding carboxylic acids is 2. The van der Waals surface area contributed by atoms with Gasteiger partial charge in [-0.15, -0.1) is 0 Å². The highest BCUT2D eigenvalue weighted by molar-refractivity contribution is 5.93. The smallest absolute Gasteiger partial charge is 0.337 e. The second-order valence-electron chi connectivity index (χ2n) is 4.49. The van der Waals surface area contributed by atoms with Gasteiger partial charge in [0, 0.05) is 19.2 Å². The number of methoxy groups -OCH3 is 3. The fraction of sp³-hybridized carbons (Fsp3) is 0.294. The van der Waals surface area contributed by atoms with E-state index in [4.69, 9.17) is 4.74 Å². The number of hydrogen-bond donors (Lipinski definition) is 1. The maximum atomic E-state index is 11.6. The first-order valence-corrected chi connectivity index (χ1v) is 6.99. The lowest BCUT2D eigenvalue weighted by atomic mass is 10.2. The van der Waals surface area contributed by atoms with E-state index in [0.717, 1.165) is 11.3 Å². The SMILES string of the molecule is COC(=O)C=CC(=CCNCc1ccc(OC)cc1)C(=O)OC. The maximum absolute atomic E-state index is 11.6. The third-order valence-electron chi connectivity index (χ3n) is 2.98. The lowest BCUT2D eigenvalue weighted by Gasteiger charge is -2.05. The van der Waals surface area contributed by atoms with Crippen molar-refractivity contribution in [2.24, 2.45) is 0 Å². The Balaban J connectivity index is 2.57. The number of hydrogen-bond acceptors (Lipinski definition) is 6. The number of benzene rings is 1. The summed E-state index contributed by atoms with van der Waals surface area (Å²) >= 11 is 0. The summed E-state index contributed by atoms with van der Waals surface area (Å²) in [6.07, 6.45) is 4.19. The minimum atomic E-state index is -0.536. The molecule has 0 aromatic heterocycles. The monoisotopic (exact) mass is 319 g/mol. The second kappa shape index (κ2) is 10.2. The van der Waals surface area contributed by atoms with Gasteiger partial charge in [0.25, 0.3) is 0 Å². The van der Waals surface area contributed by atoms with Crippen molar-refractivity contribution in [3.63, 3.8) is 0 Å². The normalized spacial score (nSPS) is 11.3. The predicted molar refractivity (Wildman–Crippen MR) is 86.0 cm³/mol. The largest absolute Gasteiger partial charge is 0.497 e. The van der Waals surface area contributed by atoms with Gasteiger partial charge in [-0.1, -0.05) is 18.2 Å². The standard InChI is InChI=1S/C17H21NO5/c1-21-15-7-4-13(5-8-15)12-18-11-10-14(17(20)23-3)6-9-16(19)22-2/h4-10,18H,11-12H2,1-3H3. The molecular weight excluding hydrogens is 298 g/mol. The molecule has 0 fully saturated rings. The van der Waals surface area contributed by atoms with Crippen LogP contribution in [0.25, 0.3) is 0 Å². The van der Waals surface area contributed by atoms with E-state index >= 15 is 0 Å². The molecule has 0 aliphatic carbocycles. The van der Waals surface area contributed by atoms with Gasteiger partial charge < -0.3 is 19.5 Å². The topological polar surface area (TPSA) is 73.9 Å². The van der Waals surface area contributed by atoms with E-state index < -0.39 is 11.9 Å². The van der Waals surface area contributed by atoms with Crippen molar-refractivity contribution in [2.45, 2.75) is 6.54 Å². The Hall–Kier alpha value is -2.60. The highest BCUT2D eigenvalue weighted by atomic mass is 16.5. The first-order valence-electron chi connectivity index (χ1n) is 6.99. The first kappa shape index (κ1) is 18.4. The number of carbonyl (C=O) groups is 2. The van der Waals surface area contributed by atoms with Crippen molar-refractivity contribution in [3.05, 3.63) is 53.6 Å². The summed E-state index contributed by atoms with van der Waals surface area (Å²) in [5.41, 5.74) is 1.36. The molecule has 0 spiro atoms. The van der Waals surface area contributed by atoms with Gasteiger partial charge in [-0.05, 0) is 23.8 Å². The predicted octanol–water partition coefficient (Wildman–Crippen LogP) is 1.61. The summed E-state index contributed by atoms with van der Waals surface area (Å²) in [7, 11) is 4.17. The van der Waals surface area contributed by atoms with Gasteiger partial charge in [0.15, 0.2) is 0 Å². The molecule has 1 aromatic carbocycles. The van der Waals surface area contributed by atoms with E-state index in [1.807, 2.05) is 24.3 Å². The molecule has 0 aliphatic rings. The Morgan fingerprint density at radius 2 is 1.74 bits per heavy atom.